The number of halogens is 1. The summed E-state index contributed by atoms with van der Waals surface area (Å²) in [6, 6.07) is 7.14. The molecule has 0 bridgehead atoms. The van der Waals surface area contributed by atoms with Gasteiger partial charge >= 0.3 is 0 Å². The van der Waals surface area contributed by atoms with E-state index < -0.39 is 0 Å². The van der Waals surface area contributed by atoms with Gasteiger partial charge in [0.05, 0.1) is 6.61 Å². The average Bonchev–Trinajstić information content (AvgIpc) is 2.70. The number of nitrogens with one attached hydrogen (secondary N) is 1. The fraction of sp³-hybridized carbons (Fsp3) is 0.467. The Hall–Kier alpha value is -1.75. The van der Waals surface area contributed by atoms with Crippen LogP contribution in [0.3, 0.4) is 0 Å². The highest BCUT2D eigenvalue weighted by Crippen LogP contribution is 2.15. The molecule has 0 aromatic heterocycles. The van der Waals surface area contributed by atoms with Crippen LogP contribution in [0.25, 0.3) is 0 Å². The van der Waals surface area contributed by atoms with Gasteiger partial charge in [0.25, 0.3) is 0 Å². The minimum atomic E-state index is 0.0105. The number of hydrogen-bond acceptors (Lipinski definition) is 3. The Balaban J connectivity index is 1.67. The molecule has 1 aromatic rings. The first-order valence-corrected chi connectivity index (χ1v) is 7.46. The zero-order chi connectivity index (χ0) is 15.1. The van der Waals surface area contributed by atoms with E-state index in [-0.39, 0.29) is 11.8 Å². The van der Waals surface area contributed by atoms with Crippen molar-refractivity contribution < 1.29 is 14.3 Å². The first-order chi connectivity index (χ1) is 10.1. The van der Waals surface area contributed by atoms with E-state index in [0.29, 0.717) is 50.5 Å². The molecule has 0 radical (unpaired) electrons. The molecular formula is C15H19ClN2O3. The maximum atomic E-state index is 12.0. The first-order valence-electron chi connectivity index (χ1n) is 7.08. The van der Waals surface area contributed by atoms with Crippen molar-refractivity contribution in [2.75, 3.05) is 26.2 Å². The van der Waals surface area contributed by atoms with E-state index >= 15 is 0 Å². The fourth-order valence-electron chi connectivity index (χ4n) is 2.12. The predicted molar refractivity (Wildman–Crippen MR) is 80.4 cm³/mol. The van der Waals surface area contributed by atoms with Crippen molar-refractivity contribution in [2.45, 2.75) is 19.3 Å². The quantitative estimate of drug-likeness (QED) is 0.844. The zero-order valence-corrected chi connectivity index (χ0v) is 12.6. The van der Waals surface area contributed by atoms with Crippen molar-refractivity contribution >= 4 is 23.4 Å². The third kappa shape index (κ3) is 5.27. The smallest absolute Gasteiger partial charge is 0.222 e. The second-order valence-electron chi connectivity index (χ2n) is 4.89. The van der Waals surface area contributed by atoms with Crippen LogP contribution in [-0.4, -0.2) is 43.0 Å². The van der Waals surface area contributed by atoms with Gasteiger partial charge in [0.1, 0.15) is 5.75 Å². The van der Waals surface area contributed by atoms with Gasteiger partial charge in [0.15, 0.2) is 0 Å². The van der Waals surface area contributed by atoms with Gasteiger partial charge in [-0.1, -0.05) is 11.6 Å². The monoisotopic (exact) mass is 310 g/mol. The van der Waals surface area contributed by atoms with E-state index in [1.165, 1.54) is 0 Å². The number of carbonyl (C=O) groups is 2. The molecule has 0 saturated carbocycles. The summed E-state index contributed by atoms with van der Waals surface area (Å²) in [7, 11) is 0. The van der Waals surface area contributed by atoms with Crippen LogP contribution >= 0.6 is 11.6 Å². The fourth-order valence-corrected chi connectivity index (χ4v) is 2.24. The van der Waals surface area contributed by atoms with Crippen LogP contribution < -0.4 is 10.1 Å². The lowest BCUT2D eigenvalue weighted by Crippen LogP contribution is -2.34. The van der Waals surface area contributed by atoms with Crippen LogP contribution in [0.2, 0.25) is 5.02 Å². The van der Waals surface area contributed by atoms with Crippen LogP contribution in [0.15, 0.2) is 24.3 Å². The Morgan fingerprint density at radius 2 is 2.05 bits per heavy atom. The van der Waals surface area contributed by atoms with Gasteiger partial charge in [0.2, 0.25) is 11.8 Å². The molecule has 1 aromatic carbocycles. The number of nitrogens with zero attached hydrogens (tertiary/aromatic N) is 1. The van der Waals surface area contributed by atoms with Crippen molar-refractivity contribution in [1.82, 2.24) is 10.2 Å². The van der Waals surface area contributed by atoms with Gasteiger partial charge in [-0.2, -0.15) is 0 Å². The molecule has 0 unspecified atom stereocenters. The first kappa shape index (κ1) is 15.6. The van der Waals surface area contributed by atoms with Crippen LogP contribution in [0.1, 0.15) is 19.3 Å². The van der Waals surface area contributed by atoms with Crippen LogP contribution in [0.4, 0.5) is 0 Å². The van der Waals surface area contributed by atoms with Crippen molar-refractivity contribution in [3.8, 4) is 5.75 Å². The number of amides is 2. The van der Waals surface area contributed by atoms with Gasteiger partial charge in [-0.25, -0.2) is 0 Å². The lowest BCUT2D eigenvalue weighted by Gasteiger charge is -2.19. The van der Waals surface area contributed by atoms with E-state index in [1.807, 2.05) is 0 Å². The van der Waals surface area contributed by atoms with Crippen LogP contribution in [0, 0.1) is 0 Å². The number of carbonyl (C=O) groups excluding carboxylic acids is 2. The summed E-state index contributed by atoms with van der Waals surface area (Å²) in [4.78, 5) is 25.0. The summed E-state index contributed by atoms with van der Waals surface area (Å²) >= 11 is 5.79. The van der Waals surface area contributed by atoms with E-state index in [9.17, 15) is 9.59 Å². The topological polar surface area (TPSA) is 58.6 Å². The summed E-state index contributed by atoms with van der Waals surface area (Å²) in [5.74, 6) is 0.832. The summed E-state index contributed by atoms with van der Waals surface area (Å²) in [6.07, 6.45) is 1.47. The highest BCUT2D eigenvalue weighted by atomic mass is 35.5. The standard InChI is InChI=1S/C15H19ClN2O3/c16-12-3-5-13(6-4-12)21-11-1-2-15(20)18-9-7-14(19)17-8-10-18/h3-6H,1-2,7-11H2,(H,17,19). The number of hydrogen-bond donors (Lipinski definition) is 1. The Bertz CT molecular complexity index is 490. The lowest BCUT2D eigenvalue weighted by molar-refractivity contribution is -0.131. The molecule has 21 heavy (non-hydrogen) atoms. The van der Waals surface area contributed by atoms with Crippen LogP contribution in [-0.2, 0) is 9.59 Å². The molecule has 0 aliphatic carbocycles. The SMILES string of the molecule is O=C1CCN(C(=O)CCCOc2ccc(Cl)cc2)CCN1. The Morgan fingerprint density at radius 3 is 2.81 bits per heavy atom. The number of rotatable bonds is 5. The summed E-state index contributed by atoms with van der Waals surface area (Å²) < 4.78 is 5.54. The van der Waals surface area contributed by atoms with Gasteiger partial charge < -0.3 is 15.0 Å². The molecule has 1 heterocycles. The Kier molecular flexibility index (Phi) is 5.87. The Morgan fingerprint density at radius 1 is 1.29 bits per heavy atom. The van der Waals surface area contributed by atoms with E-state index in [2.05, 4.69) is 5.32 Å². The van der Waals surface area contributed by atoms with Gasteiger partial charge in [-0.15, -0.1) is 0 Å². The second kappa shape index (κ2) is 7.88. The molecule has 1 aliphatic heterocycles. The number of ether oxygens (including phenoxy) is 1. The van der Waals surface area contributed by atoms with Crippen LogP contribution in [0.5, 0.6) is 5.75 Å². The third-order valence-electron chi connectivity index (χ3n) is 3.28. The number of benzene rings is 1. The van der Waals surface area contributed by atoms with Gasteiger partial charge in [-0.05, 0) is 30.7 Å². The highest BCUT2D eigenvalue weighted by molar-refractivity contribution is 6.30. The van der Waals surface area contributed by atoms with Crippen molar-refractivity contribution in [2.24, 2.45) is 0 Å². The molecule has 0 atom stereocenters. The second-order valence-corrected chi connectivity index (χ2v) is 5.32. The van der Waals surface area contributed by atoms with Crippen molar-refractivity contribution in [3.05, 3.63) is 29.3 Å². The molecule has 0 spiro atoms. The zero-order valence-electron chi connectivity index (χ0n) is 11.8. The maximum Gasteiger partial charge on any atom is 0.222 e. The van der Waals surface area contributed by atoms with E-state index in [4.69, 9.17) is 16.3 Å². The molecular weight excluding hydrogens is 292 g/mol. The molecule has 2 rings (SSSR count). The molecule has 1 aliphatic rings. The molecule has 114 valence electrons. The lowest BCUT2D eigenvalue weighted by atomic mass is 10.2. The molecule has 1 saturated heterocycles. The third-order valence-corrected chi connectivity index (χ3v) is 3.53. The van der Waals surface area contributed by atoms with Crippen molar-refractivity contribution in [3.63, 3.8) is 0 Å². The minimum Gasteiger partial charge on any atom is -0.494 e. The van der Waals surface area contributed by atoms with E-state index in [1.54, 1.807) is 29.2 Å². The normalized spacial score (nSPS) is 15.3. The van der Waals surface area contributed by atoms with E-state index in [0.717, 1.165) is 5.75 Å². The molecule has 6 heteroatoms. The Labute approximate surface area is 129 Å². The van der Waals surface area contributed by atoms with Gasteiger partial charge in [-0.3, -0.25) is 9.59 Å². The molecule has 1 fully saturated rings. The molecule has 1 N–H and O–H groups in total. The maximum absolute atomic E-state index is 12.0. The summed E-state index contributed by atoms with van der Waals surface area (Å²) in [5.41, 5.74) is 0. The highest BCUT2D eigenvalue weighted by Gasteiger charge is 2.17. The summed E-state index contributed by atoms with van der Waals surface area (Å²) in [5, 5.41) is 3.42. The van der Waals surface area contributed by atoms with Crippen molar-refractivity contribution in [1.29, 1.82) is 0 Å². The van der Waals surface area contributed by atoms with Gasteiger partial charge in [0, 0.05) is 37.5 Å². The minimum absolute atomic E-state index is 0.0105. The molecule has 2 amide bonds. The summed E-state index contributed by atoms with van der Waals surface area (Å²) in [6.45, 7) is 2.11. The predicted octanol–water partition coefficient (Wildman–Crippen LogP) is 1.85. The average molecular weight is 311 g/mol. The largest absolute Gasteiger partial charge is 0.494 e. The molecule has 5 nitrogen and oxygen atoms in total.